The second-order valence-corrected chi connectivity index (χ2v) is 15.6. The predicted molar refractivity (Wildman–Crippen MR) is 234 cm³/mol. The van der Waals surface area contributed by atoms with Crippen LogP contribution in [0.15, 0.2) is 198 Å². The van der Waals surface area contributed by atoms with Gasteiger partial charge in [0.05, 0.1) is 16.7 Å². The van der Waals surface area contributed by atoms with Gasteiger partial charge < -0.3 is 0 Å². The Bertz CT molecular complexity index is 3370. The molecule has 6 heteroatoms. The molecular weight excluding hydrogens is 715 g/mol. The standard InChI is InChI=1S/C51H31N5S/c1-3-13-32(14-4-1)33-25-27-35(28-26-33)49-52-48(34-15-5-2-6-16-34)53-50(54-49)38-19-11-20-39(29-38)55-43-31-37-18-8-7-17-36(37)30-41(43)46-40-21-12-24-45-47(40)56(51(46)55)42-22-9-10-23-44(42)57-45/h1-31H. The second-order valence-electron chi connectivity index (χ2n) is 14.5. The molecule has 0 saturated heterocycles. The van der Waals surface area contributed by atoms with Crippen molar-refractivity contribution in [2.75, 3.05) is 0 Å². The molecule has 0 radical (unpaired) electrons. The number of hydrogen-bond acceptors (Lipinski definition) is 4. The van der Waals surface area contributed by atoms with E-state index in [4.69, 9.17) is 15.0 Å². The van der Waals surface area contributed by atoms with Crippen molar-refractivity contribution in [1.29, 1.82) is 0 Å². The maximum absolute atomic E-state index is 5.17. The summed E-state index contributed by atoms with van der Waals surface area (Å²) >= 11 is 1.85. The fourth-order valence-electron chi connectivity index (χ4n) is 8.50. The van der Waals surface area contributed by atoms with Gasteiger partial charge in [0.15, 0.2) is 17.5 Å². The van der Waals surface area contributed by atoms with Crippen molar-refractivity contribution in [3.8, 4) is 56.7 Å². The molecule has 57 heavy (non-hydrogen) atoms. The van der Waals surface area contributed by atoms with Crippen LogP contribution in [0.25, 0.3) is 100 Å². The van der Waals surface area contributed by atoms with Crippen molar-refractivity contribution >= 4 is 55.4 Å². The van der Waals surface area contributed by atoms with Gasteiger partial charge in [0.2, 0.25) is 0 Å². The van der Waals surface area contributed by atoms with E-state index in [2.05, 4.69) is 173 Å². The lowest BCUT2D eigenvalue weighted by Crippen LogP contribution is -2.06. The fourth-order valence-corrected chi connectivity index (χ4v) is 9.59. The normalized spacial score (nSPS) is 12.1. The largest absolute Gasteiger partial charge is 0.295 e. The van der Waals surface area contributed by atoms with Gasteiger partial charge in [-0.1, -0.05) is 157 Å². The van der Waals surface area contributed by atoms with Crippen LogP contribution in [0.2, 0.25) is 0 Å². The third kappa shape index (κ3) is 5.08. The smallest absolute Gasteiger partial charge is 0.164 e. The Morgan fingerprint density at radius 3 is 1.72 bits per heavy atom. The molecule has 0 spiro atoms. The van der Waals surface area contributed by atoms with E-state index in [1.165, 1.54) is 53.5 Å². The van der Waals surface area contributed by atoms with Crippen LogP contribution in [0.1, 0.15) is 0 Å². The monoisotopic (exact) mass is 745 g/mol. The minimum absolute atomic E-state index is 0.622. The Balaban J connectivity index is 1.10. The summed E-state index contributed by atoms with van der Waals surface area (Å²) in [5.74, 6) is 1.89. The van der Waals surface area contributed by atoms with Gasteiger partial charge in [-0.05, 0) is 64.4 Å². The molecule has 0 saturated carbocycles. The first-order chi connectivity index (χ1) is 28.2. The van der Waals surface area contributed by atoms with Crippen LogP contribution in [0, 0.1) is 0 Å². The summed E-state index contributed by atoms with van der Waals surface area (Å²) in [5.41, 5.74) is 10.9. The summed E-state index contributed by atoms with van der Waals surface area (Å²) in [6.45, 7) is 0. The summed E-state index contributed by atoms with van der Waals surface area (Å²) in [4.78, 5) is 17.8. The molecule has 0 unspecified atom stereocenters. The van der Waals surface area contributed by atoms with E-state index in [1.54, 1.807) is 0 Å². The lowest BCUT2D eigenvalue weighted by atomic mass is 10.0. The second kappa shape index (κ2) is 12.6. The van der Waals surface area contributed by atoms with Gasteiger partial charge >= 0.3 is 0 Å². The molecule has 1 aliphatic rings. The van der Waals surface area contributed by atoms with Crippen LogP contribution < -0.4 is 0 Å². The molecule has 5 nitrogen and oxygen atoms in total. The first-order valence-corrected chi connectivity index (χ1v) is 19.9. The van der Waals surface area contributed by atoms with E-state index in [9.17, 15) is 0 Å². The Morgan fingerprint density at radius 1 is 0.386 bits per heavy atom. The molecule has 11 aromatic rings. The van der Waals surface area contributed by atoms with Crippen molar-refractivity contribution in [3.05, 3.63) is 188 Å². The number of aromatic nitrogens is 5. The van der Waals surface area contributed by atoms with Gasteiger partial charge in [-0.25, -0.2) is 15.0 Å². The Morgan fingerprint density at radius 2 is 0.947 bits per heavy atom. The molecule has 1 aliphatic heterocycles. The van der Waals surface area contributed by atoms with Crippen molar-refractivity contribution in [2.24, 2.45) is 0 Å². The lowest BCUT2D eigenvalue weighted by molar-refractivity contribution is 1.03. The molecule has 266 valence electrons. The van der Waals surface area contributed by atoms with Gasteiger partial charge in [-0.15, -0.1) is 0 Å². The SMILES string of the molecule is c1ccc(-c2ccc(-c3nc(-c4ccccc4)nc(-c4cccc(-n5c6cc7ccccc7cc6c6c7cccc8c7n(c65)-c5ccccc5S8)c4)n3)cc2)cc1. The predicted octanol–water partition coefficient (Wildman–Crippen LogP) is 13.2. The Kier molecular flexibility index (Phi) is 7.09. The quantitative estimate of drug-likeness (QED) is 0.176. The number of nitrogens with zero attached hydrogens (tertiary/aromatic N) is 5. The summed E-state index contributed by atoms with van der Waals surface area (Å²) in [6.07, 6.45) is 0. The van der Waals surface area contributed by atoms with E-state index in [1.807, 2.05) is 36.0 Å². The summed E-state index contributed by atoms with van der Waals surface area (Å²) in [5, 5.41) is 6.17. The van der Waals surface area contributed by atoms with Gasteiger partial charge in [0, 0.05) is 48.3 Å². The van der Waals surface area contributed by atoms with Crippen molar-refractivity contribution in [2.45, 2.75) is 9.79 Å². The minimum Gasteiger partial charge on any atom is -0.295 e. The zero-order chi connectivity index (χ0) is 37.5. The van der Waals surface area contributed by atoms with Crippen LogP contribution in [-0.4, -0.2) is 24.1 Å². The maximum Gasteiger partial charge on any atom is 0.164 e. The highest BCUT2D eigenvalue weighted by molar-refractivity contribution is 7.99. The van der Waals surface area contributed by atoms with Crippen LogP contribution >= 0.6 is 11.8 Å². The fraction of sp³-hybridized carbons (Fsp3) is 0. The van der Waals surface area contributed by atoms with E-state index in [0.29, 0.717) is 17.5 Å². The van der Waals surface area contributed by atoms with Gasteiger partial charge in [0.1, 0.15) is 5.65 Å². The zero-order valence-electron chi connectivity index (χ0n) is 30.5. The van der Waals surface area contributed by atoms with Crippen molar-refractivity contribution < 1.29 is 0 Å². The number of para-hydroxylation sites is 2. The summed E-state index contributed by atoms with van der Waals surface area (Å²) in [7, 11) is 0. The van der Waals surface area contributed by atoms with E-state index < -0.39 is 0 Å². The Hall–Kier alpha value is -7.28. The third-order valence-electron chi connectivity index (χ3n) is 11.1. The molecule has 0 N–H and O–H groups in total. The summed E-state index contributed by atoms with van der Waals surface area (Å²) in [6, 6.07) is 66.6. The highest BCUT2D eigenvalue weighted by Gasteiger charge is 2.28. The molecule has 0 amide bonds. The first kappa shape index (κ1) is 32.0. The van der Waals surface area contributed by atoms with Crippen molar-refractivity contribution in [3.63, 3.8) is 0 Å². The maximum atomic E-state index is 5.17. The van der Waals surface area contributed by atoms with E-state index in [-0.39, 0.29) is 0 Å². The number of hydrogen-bond donors (Lipinski definition) is 0. The highest BCUT2D eigenvalue weighted by Crippen LogP contribution is 2.50. The van der Waals surface area contributed by atoms with Gasteiger partial charge in [0.25, 0.3) is 0 Å². The molecule has 0 bridgehead atoms. The number of benzene rings is 8. The molecule has 0 fully saturated rings. The molecule has 0 aliphatic carbocycles. The van der Waals surface area contributed by atoms with Crippen molar-refractivity contribution in [1.82, 2.24) is 24.1 Å². The van der Waals surface area contributed by atoms with Crippen LogP contribution in [0.4, 0.5) is 0 Å². The van der Waals surface area contributed by atoms with Gasteiger partial charge in [-0.2, -0.15) is 0 Å². The zero-order valence-corrected chi connectivity index (χ0v) is 31.4. The molecular formula is C51H31N5S. The van der Waals surface area contributed by atoms with E-state index in [0.717, 1.165) is 39.1 Å². The molecule has 4 heterocycles. The average Bonchev–Trinajstić information content (AvgIpc) is 3.79. The Labute approximate surface area is 332 Å². The first-order valence-electron chi connectivity index (χ1n) is 19.1. The molecule has 0 atom stereocenters. The molecule has 12 rings (SSSR count). The lowest BCUT2D eigenvalue weighted by Gasteiger charge is -2.21. The van der Waals surface area contributed by atoms with E-state index >= 15 is 0 Å². The summed E-state index contributed by atoms with van der Waals surface area (Å²) < 4.78 is 4.93. The van der Waals surface area contributed by atoms with Crippen LogP contribution in [0.3, 0.4) is 0 Å². The number of rotatable bonds is 5. The van der Waals surface area contributed by atoms with Crippen LogP contribution in [-0.2, 0) is 0 Å². The van der Waals surface area contributed by atoms with Gasteiger partial charge in [-0.3, -0.25) is 9.13 Å². The van der Waals surface area contributed by atoms with Crippen LogP contribution in [0.5, 0.6) is 0 Å². The topological polar surface area (TPSA) is 48.5 Å². The average molecular weight is 746 g/mol. The molecule has 3 aromatic heterocycles. The number of fused-ring (bicyclic) bond motifs is 8. The molecule has 8 aromatic carbocycles. The third-order valence-corrected chi connectivity index (χ3v) is 12.2. The minimum atomic E-state index is 0.622. The highest BCUT2D eigenvalue weighted by atomic mass is 32.2.